The van der Waals surface area contributed by atoms with Crippen LogP contribution in [0.3, 0.4) is 0 Å². The van der Waals surface area contributed by atoms with Gasteiger partial charge in [-0.2, -0.15) is 0 Å². The first-order chi connectivity index (χ1) is 12.2. The number of allylic oxidation sites excluding steroid dienone is 6. The van der Waals surface area contributed by atoms with Crippen LogP contribution < -0.4 is 0 Å². The maximum absolute atomic E-state index is 12.0. The van der Waals surface area contributed by atoms with E-state index >= 15 is 0 Å². The fourth-order valence-corrected chi connectivity index (χ4v) is 3.41. The Morgan fingerprint density at radius 2 is 1.64 bits per heavy atom. The average Bonchev–Trinajstić information content (AvgIpc) is 3.23. The van der Waals surface area contributed by atoms with Gasteiger partial charge in [-0.3, -0.25) is 0 Å². The molecule has 4 rings (SSSR count). The number of fused-ring (bicyclic) bond motifs is 2. The fraction of sp³-hybridized carbons (Fsp3) is 0.136. The monoisotopic (exact) mass is 330 g/mol. The standard InChI is InChI=1S/C22H18O3/c1-2-25-22(24)19-13-18(11-12-20(19)23)14-3-5-15(6-4-14)21-16-7-8-17(21)10-9-16/h3-13,21,23H,2H2,1H3. The van der Waals surface area contributed by atoms with E-state index in [2.05, 4.69) is 48.6 Å². The number of hydrogen-bond donors (Lipinski definition) is 1. The SMILES string of the molecule is CCOC(=O)c1cc(-c2ccc(C3C4=CC=C3C=C4)cc2)ccc1O. The Kier molecular flexibility index (Phi) is 3.77. The largest absolute Gasteiger partial charge is 0.507 e. The van der Waals surface area contributed by atoms with E-state index in [1.807, 2.05) is 0 Å². The van der Waals surface area contributed by atoms with Gasteiger partial charge in [-0.25, -0.2) is 4.79 Å². The highest BCUT2D eigenvalue weighted by Crippen LogP contribution is 2.43. The summed E-state index contributed by atoms with van der Waals surface area (Å²) in [5, 5.41) is 9.91. The van der Waals surface area contributed by atoms with Crippen molar-refractivity contribution < 1.29 is 14.6 Å². The summed E-state index contributed by atoms with van der Waals surface area (Å²) in [6, 6.07) is 13.4. The Bertz CT molecular complexity index is 908. The van der Waals surface area contributed by atoms with Gasteiger partial charge in [0.05, 0.1) is 6.61 Å². The first-order valence-corrected chi connectivity index (χ1v) is 8.37. The smallest absolute Gasteiger partial charge is 0.341 e. The Balaban J connectivity index is 1.63. The summed E-state index contributed by atoms with van der Waals surface area (Å²) >= 11 is 0. The third-order valence-electron chi connectivity index (χ3n) is 4.67. The lowest BCUT2D eigenvalue weighted by atomic mass is 9.91. The highest BCUT2D eigenvalue weighted by molar-refractivity contribution is 5.94. The molecule has 0 unspecified atom stereocenters. The van der Waals surface area contributed by atoms with Crippen LogP contribution in [0.1, 0.15) is 28.8 Å². The quantitative estimate of drug-likeness (QED) is 0.823. The summed E-state index contributed by atoms with van der Waals surface area (Å²) in [5.74, 6) is -0.221. The molecule has 2 aromatic rings. The van der Waals surface area contributed by atoms with Gasteiger partial charge in [0.25, 0.3) is 0 Å². The van der Waals surface area contributed by atoms with Gasteiger partial charge >= 0.3 is 5.97 Å². The van der Waals surface area contributed by atoms with Crippen LogP contribution in [0.4, 0.5) is 0 Å². The number of carbonyl (C=O) groups is 1. The number of benzene rings is 2. The van der Waals surface area contributed by atoms with E-state index in [0.717, 1.165) is 11.1 Å². The number of phenols is 1. The van der Waals surface area contributed by atoms with E-state index in [9.17, 15) is 9.90 Å². The Morgan fingerprint density at radius 3 is 2.24 bits per heavy atom. The van der Waals surface area contributed by atoms with Crippen LogP contribution in [0.25, 0.3) is 11.1 Å². The summed E-state index contributed by atoms with van der Waals surface area (Å²) in [4.78, 5) is 12.0. The van der Waals surface area contributed by atoms with Gasteiger partial charge in [-0.05, 0) is 46.9 Å². The first kappa shape index (κ1) is 15.5. The maximum Gasteiger partial charge on any atom is 0.341 e. The fourth-order valence-electron chi connectivity index (χ4n) is 3.41. The lowest BCUT2D eigenvalue weighted by Crippen LogP contribution is -2.05. The van der Waals surface area contributed by atoms with Gasteiger partial charge < -0.3 is 9.84 Å². The van der Waals surface area contributed by atoms with Crippen molar-refractivity contribution in [2.45, 2.75) is 12.8 Å². The van der Waals surface area contributed by atoms with E-state index in [-0.39, 0.29) is 17.9 Å². The second-order valence-corrected chi connectivity index (χ2v) is 6.17. The molecule has 2 aliphatic rings. The predicted octanol–water partition coefficient (Wildman–Crippen LogP) is 4.76. The Morgan fingerprint density at radius 1 is 1.00 bits per heavy atom. The highest BCUT2D eigenvalue weighted by atomic mass is 16.5. The molecule has 0 aromatic heterocycles. The molecule has 25 heavy (non-hydrogen) atoms. The van der Waals surface area contributed by atoms with E-state index in [0.29, 0.717) is 5.92 Å². The minimum atomic E-state index is -0.508. The summed E-state index contributed by atoms with van der Waals surface area (Å²) in [7, 11) is 0. The molecular weight excluding hydrogens is 312 g/mol. The molecule has 3 heteroatoms. The summed E-state index contributed by atoms with van der Waals surface area (Å²) in [6.07, 6.45) is 8.66. The van der Waals surface area contributed by atoms with Crippen LogP contribution in [0.5, 0.6) is 5.75 Å². The molecule has 0 aliphatic heterocycles. The van der Waals surface area contributed by atoms with E-state index in [4.69, 9.17) is 4.74 Å². The number of ether oxygens (including phenoxy) is 1. The van der Waals surface area contributed by atoms with Crippen molar-refractivity contribution >= 4 is 5.97 Å². The van der Waals surface area contributed by atoms with Crippen LogP contribution in [0.2, 0.25) is 0 Å². The van der Waals surface area contributed by atoms with Crippen LogP contribution in [0.15, 0.2) is 77.9 Å². The minimum Gasteiger partial charge on any atom is -0.507 e. The molecule has 3 nitrogen and oxygen atoms in total. The van der Waals surface area contributed by atoms with Crippen LogP contribution in [-0.4, -0.2) is 17.7 Å². The van der Waals surface area contributed by atoms with Gasteiger partial charge in [0, 0.05) is 5.92 Å². The average molecular weight is 330 g/mol. The lowest BCUT2D eigenvalue weighted by Gasteiger charge is -2.13. The Labute approximate surface area is 146 Å². The number of rotatable bonds is 4. The van der Waals surface area contributed by atoms with Gasteiger partial charge in [-0.15, -0.1) is 0 Å². The second-order valence-electron chi connectivity index (χ2n) is 6.17. The Hall–Kier alpha value is -3.07. The minimum absolute atomic E-state index is 0.0636. The first-order valence-electron chi connectivity index (χ1n) is 8.37. The molecule has 2 aromatic carbocycles. The molecule has 124 valence electrons. The van der Waals surface area contributed by atoms with E-state index < -0.39 is 5.97 Å². The van der Waals surface area contributed by atoms with Crippen molar-refractivity contribution in [1.29, 1.82) is 0 Å². The summed E-state index contributed by atoms with van der Waals surface area (Å²) < 4.78 is 5.00. The molecule has 2 aliphatic carbocycles. The molecule has 0 spiro atoms. The van der Waals surface area contributed by atoms with Crippen molar-refractivity contribution in [3.63, 3.8) is 0 Å². The van der Waals surface area contributed by atoms with Gasteiger partial charge in [0.2, 0.25) is 0 Å². The zero-order chi connectivity index (χ0) is 17.4. The van der Waals surface area contributed by atoms with Crippen molar-refractivity contribution in [2.24, 2.45) is 0 Å². The molecule has 0 fully saturated rings. The van der Waals surface area contributed by atoms with Crippen LogP contribution in [0, 0.1) is 0 Å². The predicted molar refractivity (Wildman–Crippen MR) is 97.5 cm³/mol. The molecule has 0 saturated heterocycles. The third-order valence-corrected chi connectivity index (χ3v) is 4.67. The molecule has 0 saturated carbocycles. The maximum atomic E-state index is 12.0. The number of esters is 1. The van der Waals surface area contributed by atoms with Gasteiger partial charge in [-0.1, -0.05) is 54.6 Å². The van der Waals surface area contributed by atoms with E-state index in [1.165, 1.54) is 22.8 Å². The molecule has 0 atom stereocenters. The molecule has 0 radical (unpaired) electrons. The van der Waals surface area contributed by atoms with Crippen LogP contribution in [-0.2, 0) is 4.74 Å². The van der Waals surface area contributed by atoms with Crippen molar-refractivity contribution in [3.05, 3.63) is 89.0 Å². The van der Waals surface area contributed by atoms with Crippen molar-refractivity contribution in [2.75, 3.05) is 6.61 Å². The van der Waals surface area contributed by atoms with Gasteiger partial charge in [0.1, 0.15) is 11.3 Å². The zero-order valence-corrected chi connectivity index (χ0v) is 13.9. The van der Waals surface area contributed by atoms with Crippen molar-refractivity contribution in [1.82, 2.24) is 0 Å². The van der Waals surface area contributed by atoms with Gasteiger partial charge in [0.15, 0.2) is 0 Å². The number of hydrogen-bond acceptors (Lipinski definition) is 3. The summed E-state index contributed by atoms with van der Waals surface area (Å²) in [6.45, 7) is 2.02. The van der Waals surface area contributed by atoms with E-state index in [1.54, 1.807) is 19.1 Å². The third kappa shape index (κ3) is 2.68. The number of phenolic OH excluding ortho intramolecular Hbond substituents is 1. The second kappa shape index (κ2) is 6.10. The number of aromatic hydroxyl groups is 1. The molecule has 0 amide bonds. The van der Waals surface area contributed by atoms with Crippen molar-refractivity contribution in [3.8, 4) is 16.9 Å². The summed E-state index contributed by atoms with van der Waals surface area (Å²) in [5.41, 5.74) is 5.98. The molecule has 2 bridgehead atoms. The molecule has 1 N–H and O–H groups in total. The van der Waals surface area contributed by atoms with Crippen LogP contribution >= 0.6 is 0 Å². The molecule has 0 heterocycles. The lowest BCUT2D eigenvalue weighted by molar-refractivity contribution is 0.0523. The zero-order valence-electron chi connectivity index (χ0n) is 13.9. The highest BCUT2D eigenvalue weighted by Gasteiger charge is 2.26. The topological polar surface area (TPSA) is 46.5 Å². The number of carbonyl (C=O) groups excluding carboxylic acids is 1. The normalized spacial score (nSPS) is 15.2. The molecular formula is C22H18O3.